The van der Waals surface area contributed by atoms with E-state index in [-0.39, 0.29) is 121 Å². The summed E-state index contributed by atoms with van der Waals surface area (Å²) < 4.78 is 0. The van der Waals surface area contributed by atoms with Crippen molar-refractivity contribution in [1.29, 1.82) is 94.7 Å². The van der Waals surface area contributed by atoms with Gasteiger partial charge in [0.15, 0.2) is 0 Å². The summed E-state index contributed by atoms with van der Waals surface area (Å²) in [6.45, 7) is 85.5. The molecule has 34 heteroatoms. The third kappa shape index (κ3) is 1600. The van der Waals surface area contributed by atoms with Crippen LogP contribution in [0.5, 0.6) is 0 Å². The van der Waals surface area contributed by atoms with E-state index in [2.05, 4.69) is 0 Å². The van der Waals surface area contributed by atoms with Gasteiger partial charge in [0.25, 0.3) is 0 Å². The molecule has 0 bridgehead atoms. The quantitative estimate of drug-likeness (QED) is 0.165. The van der Waals surface area contributed by atoms with E-state index in [1.807, 2.05) is 0 Å². The number of carbonyl (C=O) groups excluding carboxylic acids is 3. The van der Waals surface area contributed by atoms with Crippen LogP contribution < -0.4 is 33.8 Å². The Hall–Kier alpha value is -7.81. The molecular formula is C24H17Fe6N21O7. The molecule has 0 fully saturated rings. The Kier molecular flexibility index (Phi) is 5750. The Labute approximate surface area is 402 Å². The maximum atomic E-state index is 10.1. The van der Waals surface area contributed by atoms with Crippen LogP contribution in [0.4, 0.5) is 0 Å². The Morgan fingerprint density at radius 1 is 0.310 bits per heavy atom. The van der Waals surface area contributed by atoms with Crippen molar-refractivity contribution in [2.24, 2.45) is 0 Å². The average molecular weight is 1050 g/mol. The maximum Gasteiger partial charge on any atom is 3.00 e. The molecule has 0 aromatic carbocycles. The molecule has 0 aliphatic carbocycles. The molecule has 0 aliphatic heterocycles. The van der Waals surface area contributed by atoms with Gasteiger partial charge in [0, 0.05) is 24.8 Å². The summed E-state index contributed by atoms with van der Waals surface area (Å²) in [5.74, 6) is -5.98. The van der Waals surface area contributed by atoms with Crippen LogP contribution in [0.3, 0.4) is 0 Å². The predicted octanol–water partition coefficient (Wildman–Crippen LogP) is -2.40. The van der Waals surface area contributed by atoms with Crippen LogP contribution >= 0.6 is 0 Å². The fourth-order valence-electron chi connectivity index (χ4n) is 0.684. The molecule has 0 heterocycles. The summed E-state index contributed by atoms with van der Waals surface area (Å²) in [6, 6.07) is 0. The van der Waals surface area contributed by atoms with Gasteiger partial charge in [-0.1, -0.05) is 0 Å². The number of rotatable bonds is 5. The first kappa shape index (κ1) is 247. The topological polar surface area (TPSA) is 678 Å². The summed E-state index contributed by atoms with van der Waals surface area (Å²) in [6.07, 6.45) is -2.72. The SMILES string of the molecule is O=C([O-])CC(O)(CC(=O)[O-])C(=O)[O-].[C-]#N.[C-]#N.[C-]#N.[C-]#N.[C-]#N.[C-]#N.[C-]#N.[C-]#N.[C-]#N.[C-]#N.[C-]#N.[C-]#N.[C-]#N.[C-]#N.[C-]#N.[C-]#N.[C-]#N.[C-]#N.[Fe+3].[Fe+3].[Fe+3].[Fe+3].[Fe+3].[Fe+3].[NH4+].[NH4+].[NH4+]. The monoisotopic (exact) mass is 1050 g/mol. The molecule has 0 aromatic heterocycles. The van der Waals surface area contributed by atoms with Gasteiger partial charge in [0.1, 0.15) is 5.60 Å². The number of aliphatic hydroxyl groups is 1. The van der Waals surface area contributed by atoms with Crippen molar-refractivity contribution in [3.8, 4) is 0 Å². The molecule has 0 spiro atoms. The Morgan fingerprint density at radius 3 is 0.414 bits per heavy atom. The van der Waals surface area contributed by atoms with Gasteiger partial charge in [-0.2, -0.15) is 0 Å². The van der Waals surface area contributed by atoms with Crippen molar-refractivity contribution >= 4 is 17.9 Å². The van der Waals surface area contributed by atoms with E-state index in [9.17, 15) is 29.7 Å². The van der Waals surface area contributed by atoms with Crippen molar-refractivity contribution in [1.82, 2.24) is 18.5 Å². The van der Waals surface area contributed by atoms with Gasteiger partial charge >= 0.3 is 102 Å². The molecular weight excluding hydrogens is 1030 g/mol. The number of hydrogen-bond acceptors (Lipinski definition) is 25. The zero-order chi connectivity index (χ0) is 46.6. The van der Waals surface area contributed by atoms with Crippen molar-refractivity contribution in [3.05, 3.63) is 118 Å². The number of carbonyl (C=O) groups is 3. The fourth-order valence-corrected chi connectivity index (χ4v) is 0.684. The Morgan fingerprint density at radius 2 is 0.379 bits per heavy atom. The van der Waals surface area contributed by atoms with Gasteiger partial charge in [-0.25, -0.2) is 0 Å². The second-order valence-electron chi connectivity index (χ2n) is 2.42. The summed E-state index contributed by atoms with van der Waals surface area (Å²) in [5.41, 5.74) is -2.97. The second kappa shape index (κ2) is 1350. The number of quaternary nitrogens is 3. The minimum Gasteiger partial charge on any atom is -0.550 e. The number of hydrogen-bond donors (Lipinski definition) is 4. The van der Waals surface area contributed by atoms with Crippen LogP contribution in [-0.2, 0) is 117 Å². The number of nitrogens with zero attached hydrogens (tertiary/aromatic N) is 18. The Bertz CT molecular complexity index is 773. The van der Waals surface area contributed by atoms with Crippen molar-refractivity contribution in [2.75, 3.05) is 0 Å². The van der Waals surface area contributed by atoms with E-state index in [0.29, 0.717) is 0 Å². The smallest absolute Gasteiger partial charge is 0.550 e. The molecule has 6 radical (unpaired) electrons. The van der Waals surface area contributed by atoms with Crippen molar-refractivity contribution in [2.45, 2.75) is 18.4 Å². The van der Waals surface area contributed by atoms with Gasteiger partial charge in [0.05, 0.1) is 5.97 Å². The zero-order valence-electron chi connectivity index (χ0n) is 28.5. The van der Waals surface area contributed by atoms with E-state index in [4.69, 9.17) is 218 Å². The molecule has 0 aromatic rings. The minimum atomic E-state index is -2.97. The summed E-state index contributed by atoms with van der Waals surface area (Å²) >= 11 is 0. The zero-order valence-corrected chi connectivity index (χ0v) is 35.1. The minimum absolute atomic E-state index is 0. The van der Waals surface area contributed by atoms with E-state index >= 15 is 0 Å². The van der Waals surface area contributed by atoms with Crippen LogP contribution in [0.15, 0.2) is 0 Å². The van der Waals surface area contributed by atoms with Gasteiger partial charge in [-0.15, -0.1) is 0 Å². The Balaban J connectivity index is -0.00000000679. The normalized spacial score (nSPS) is 3.05. The number of aliphatic carboxylic acids is 3. The van der Waals surface area contributed by atoms with Crippen LogP contribution in [0, 0.1) is 213 Å². The predicted molar refractivity (Wildman–Crippen MR) is 137 cm³/mol. The van der Waals surface area contributed by atoms with Crippen LogP contribution in [-0.4, -0.2) is 28.6 Å². The first-order valence-corrected chi connectivity index (χ1v) is 7.14. The molecule has 308 valence electrons. The molecule has 0 unspecified atom stereocenters. The van der Waals surface area contributed by atoms with E-state index in [1.54, 1.807) is 0 Å². The summed E-state index contributed by atoms with van der Waals surface area (Å²) in [4.78, 5) is 30.0. The van der Waals surface area contributed by atoms with Crippen molar-refractivity contribution in [3.63, 3.8) is 0 Å². The van der Waals surface area contributed by atoms with Crippen LogP contribution in [0.2, 0.25) is 0 Å². The molecule has 13 N–H and O–H groups in total. The number of carboxylic acid groups (broad SMARTS) is 3. The molecule has 58 heavy (non-hydrogen) atoms. The van der Waals surface area contributed by atoms with Gasteiger partial charge in [0.2, 0.25) is 0 Å². The molecule has 0 aliphatic rings. The van der Waals surface area contributed by atoms with Crippen LogP contribution in [0.25, 0.3) is 0 Å². The van der Waals surface area contributed by atoms with Crippen LogP contribution in [0.1, 0.15) is 12.8 Å². The van der Waals surface area contributed by atoms with Gasteiger partial charge in [-0.3, -0.25) is 0 Å². The first-order chi connectivity index (χ1) is 23.8. The van der Waals surface area contributed by atoms with E-state index in [1.165, 1.54) is 0 Å². The largest absolute Gasteiger partial charge is 3.00 e. The number of carboxylic acids is 3. The summed E-state index contributed by atoms with van der Waals surface area (Å²) in [5, 5.41) is 151. The average Bonchev–Trinajstić information content (AvgIpc) is 3.25. The standard InChI is InChI=1S/C6H8O7.18CN.6Fe.3H3N/c7-3(8)1-6(13,5(11)12)2-4(9)10;18*1-2;;;;;;;;;/h13H,1-2H2,(H,7,8)(H,9,10)(H,11,12);;;;;;;;;;;;;;;;;;;;;;;;;3*1H3/q;18*-1;6*+3;;;. The summed E-state index contributed by atoms with van der Waals surface area (Å²) in [7, 11) is 0. The van der Waals surface area contributed by atoms with Gasteiger partial charge < -0.3 is 266 Å². The van der Waals surface area contributed by atoms with Gasteiger partial charge in [-0.05, 0) is 0 Å². The molecule has 0 saturated heterocycles. The fraction of sp³-hybridized carbons (Fsp3) is 0.125. The molecule has 0 amide bonds. The maximum absolute atomic E-state index is 10.1. The molecule has 0 saturated carbocycles. The second-order valence-corrected chi connectivity index (χ2v) is 2.42. The molecule has 0 atom stereocenters. The first-order valence-electron chi connectivity index (χ1n) is 7.14. The van der Waals surface area contributed by atoms with E-state index < -0.39 is 36.4 Å². The third-order valence-electron chi connectivity index (χ3n) is 1.25. The molecule has 0 rings (SSSR count). The third-order valence-corrected chi connectivity index (χ3v) is 1.25. The molecule has 28 nitrogen and oxygen atoms in total. The van der Waals surface area contributed by atoms with E-state index in [0.717, 1.165) is 0 Å². The van der Waals surface area contributed by atoms with Crippen molar-refractivity contribution < 1.29 is 137 Å².